The van der Waals surface area contributed by atoms with Gasteiger partial charge in [-0.2, -0.15) is 0 Å². The maximum Gasteiger partial charge on any atom is 0.0499 e. The van der Waals surface area contributed by atoms with Crippen molar-refractivity contribution in [2.75, 3.05) is 6.54 Å². The molecule has 0 saturated carbocycles. The molecule has 1 heterocycles. The zero-order chi connectivity index (χ0) is 25.6. The van der Waals surface area contributed by atoms with Crippen LogP contribution in [0.4, 0.5) is 0 Å². The predicted molar refractivity (Wildman–Crippen MR) is 160 cm³/mol. The molecular formula is C32H43NS2. The first-order valence-corrected chi connectivity index (χ1v) is 14.6. The van der Waals surface area contributed by atoms with Gasteiger partial charge in [0.1, 0.15) is 0 Å². The average Bonchev–Trinajstić information content (AvgIpc) is 3.29. The Hall–Kier alpha value is -1.97. The minimum atomic E-state index is 0.315. The summed E-state index contributed by atoms with van der Waals surface area (Å²) in [6, 6.07) is 9.21. The van der Waals surface area contributed by atoms with Crippen LogP contribution in [0.1, 0.15) is 85.6 Å². The third kappa shape index (κ3) is 7.51. The highest BCUT2D eigenvalue weighted by atomic mass is 32.2. The van der Waals surface area contributed by atoms with Crippen molar-refractivity contribution in [3.05, 3.63) is 87.7 Å². The summed E-state index contributed by atoms with van der Waals surface area (Å²) >= 11 is 3.80. The van der Waals surface area contributed by atoms with Gasteiger partial charge in [0.15, 0.2) is 0 Å². The minimum Gasteiger partial charge on any atom is -0.384 e. The molecule has 2 unspecified atom stereocenters. The van der Waals surface area contributed by atoms with Crippen molar-refractivity contribution < 1.29 is 0 Å². The predicted octanol–water partition coefficient (Wildman–Crippen LogP) is 10.1. The highest BCUT2D eigenvalue weighted by Gasteiger charge is 2.24. The van der Waals surface area contributed by atoms with Crippen LogP contribution >= 0.6 is 23.1 Å². The van der Waals surface area contributed by atoms with Gasteiger partial charge in [0.2, 0.25) is 0 Å². The Labute approximate surface area is 222 Å². The van der Waals surface area contributed by atoms with Crippen molar-refractivity contribution in [2.45, 2.75) is 77.9 Å². The number of rotatable bonds is 10. The van der Waals surface area contributed by atoms with E-state index in [9.17, 15) is 0 Å². The summed E-state index contributed by atoms with van der Waals surface area (Å²) in [5, 5.41) is 3.87. The molecule has 3 heteroatoms. The molecule has 1 N–H and O–H groups in total. The van der Waals surface area contributed by atoms with Crippen LogP contribution in [-0.4, -0.2) is 6.54 Å². The topological polar surface area (TPSA) is 12.0 Å². The number of thiophene rings is 1. The van der Waals surface area contributed by atoms with Crippen LogP contribution in [0.5, 0.6) is 0 Å². The molecule has 2 aromatic rings. The molecule has 0 saturated heterocycles. The van der Waals surface area contributed by atoms with Crippen molar-refractivity contribution in [1.82, 2.24) is 5.32 Å². The van der Waals surface area contributed by atoms with Crippen LogP contribution in [0.2, 0.25) is 0 Å². The van der Waals surface area contributed by atoms with Crippen molar-refractivity contribution in [3.8, 4) is 0 Å². The lowest BCUT2D eigenvalue weighted by atomic mass is 9.75. The third-order valence-corrected chi connectivity index (χ3v) is 9.29. The maximum atomic E-state index is 4.25. The van der Waals surface area contributed by atoms with E-state index in [0.29, 0.717) is 16.6 Å². The fourth-order valence-corrected chi connectivity index (χ4v) is 6.84. The summed E-state index contributed by atoms with van der Waals surface area (Å²) in [5.41, 5.74) is 6.86. The van der Waals surface area contributed by atoms with Gasteiger partial charge in [0.25, 0.3) is 0 Å². The lowest BCUT2D eigenvalue weighted by molar-refractivity contribution is 0.294. The van der Waals surface area contributed by atoms with Crippen molar-refractivity contribution in [1.29, 1.82) is 0 Å². The van der Waals surface area contributed by atoms with Crippen LogP contribution in [0.3, 0.4) is 0 Å². The van der Waals surface area contributed by atoms with Gasteiger partial charge < -0.3 is 5.32 Å². The first-order valence-electron chi connectivity index (χ1n) is 12.9. The number of hydrogen-bond donors (Lipinski definition) is 1. The normalized spacial score (nSPS) is 17.0. The number of nitrogens with one attached hydrogen (secondary N) is 1. The molecule has 0 amide bonds. The Morgan fingerprint density at radius 1 is 1.20 bits per heavy atom. The van der Waals surface area contributed by atoms with Gasteiger partial charge in [0.05, 0.1) is 0 Å². The molecule has 0 aliphatic heterocycles. The summed E-state index contributed by atoms with van der Waals surface area (Å²) in [6.07, 6.45) is 14.9. The highest BCUT2D eigenvalue weighted by molar-refractivity contribution is 7.99. The van der Waals surface area contributed by atoms with E-state index < -0.39 is 0 Å². The molecule has 1 aromatic heterocycles. The second-order valence-electron chi connectivity index (χ2n) is 10.7. The molecular weight excluding hydrogens is 462 g/mol. The first kappa shape index (κ1) is 27.6. The zero-order valence-electron chi connectivity index (χ0n) is 22.7. The fraction of sp³-hybridized carbons (Fsp3) is 0.438. The van der Waals surface area contributed by atoms with Gasteiger partial charge >= 0.3 is 0 Å². The van der Waals surface area contributed by atoms with Gasteiger partial charge in [-0.15, -0.1) is 23.1 Å². The molecule has 0 bridgehead atoms. The van der Waals surface area contributed by atoms with Gasteiger partial charge in [-0.25, -0.2) is 0 Å². The smallest absolute Gasteiger partial charge is 0.0499 e. The van der Waals surface area contributed by atoms with Gasteiger partial charge in [0, 0.05) is 32.1 Å². The van der Waals surface area contributed by atoms with E-state index >= 15 is 0 Å². The molecule has 188 valence electrons. The van der Waals surface area contributed by atoms with Gasteiger partial charge in [-0.1, -0.05) is 64.7 Å². The summed E-state index contributed by atoms with van der Waals surface area (Å²) in [6.45, 7) is 21.2. The molecule has 0 spiro atoms. The SMILES string of the molecule is C=C(NCC/C=C\CC)c1ccc(C(C)Sc2cc(C)c(C3=CCC(C(C)(C)C)C=C3)c(C)c2)s1. The van der Waals surface area contributed by atoms with Gasteiger partial charge in [-0.05, 0) is 97.9 Å². The Bertz CT molecular complexity index is 1080. The third-order valence-electron chi connectivity index (χ3n) is 6.70. The lowest BCUT2D eigenvalue weighted by Gasteiger charge is -2.30. The standard InChI is InChI=1S/C32H43NS2/c1-9-10-11-12-19-33-24(4)29-17-18-30(35-29)25(5)34-28-20-22(2)31(23(3)21-28)26-13-15-27(16-14-26)32(6,7)8/h10-11,13-15,17-18,20-21,25,27,33H,4,9,12,16,19H2,1-3,5-8H3/b11-10-. The van der Waals surface area contributed by atoms with E-state index in [2.05, 4.69) is 115 Å². The van der Waals surface area contributed by atoms with E-state index in [1.54, 1.807) is 0 Å². The average molecular weight is 506 g/mol. The van der Waals surface area contributed by atoms with Crippen molar-refractivity contribution in [2.24, 2.45) is 11.3 Å². The van der Waals surface area contributed by atoms with E-state index in [0.717, 1.165) is 31.5 Å². The van der Waals surface area contributed by atoms with Crippen molar-refractivity contribution >= 4 is 34.4 Å². The molecule has 1 aliphatic carbocycles. The second kappa shape index (κ2) is 12.3. The van der Waals surface area contributed by atoms with E-state index in [1.165, 1.54) is 36.9 Å². The lowest BCUT2D eigenvalue weighted by Crippen LogP contribution is -2.19. The number of hydrogen-bond acceptors (Lipinski definition) is 3. The maximum absolute atomic E-state index is 4.25. The van der Waals surface area contributed by atoms with E-state index in [4.69, 9.17) is 0 Å². The Morgan fingerprint density at radius 3 is 2.51 bits per heavy atom. The van der Waals surface area contributed by atoms with Crippen LogP contribution in [0.15, 0.2) is 66.1 Å². The van der Waals surface area contributed by atoms with Gasteiger partial charge in [-0.3, -0.25) is 0 Å². The Morgan fingerprint density at radius 2 is 1.91 bits per heavy atom. The summed E-state index contributed by atoms with van der Waals surface area (Å²) in [7, 11) is 0. The number of aryl methyl sites for hydroxylation is 2. The number of allylic oxidation sites excluding steroid dienone is 5. The minimum absolute atomic E-state index is 0.315. The quantitative estimate of drug-likeness (QED) is 0.196. The number of benzene rings is 1. The van der Waals surface area contributed by atoms with Crippen LogP contribution < -0.4 is 5.32 Å². The largest absolute Gasteiger partial charge is 0.384 e. The second-order valence-corrected chi connectivity index (χ2v) is 13.2. The van der Waals surface area contributed by atoms with Crippen molar-refractivity contribution in [3.63, 3.8) is 0 Å². The zero-order valence-corrected chi connectivity index (χ0v) is 24.3. The molecule has 0 radical (unpaired) electrons. The molecule has 0 fully saturated rings. The Kier molecular flexibility index (Phi) is 9.72. The van der Waals surface area contributed by atoms with E-state index in [1.807, 2.05) is 23.1 Å². The van der Waals surface area contributed by atoms with Crippen LogP contribution in [0.25, 0.3) is 11.3 Å². The Balaban J connectivity index is 1.64. The first-order chi connectivity index (χ1) is 16.6. The molecule has 1 aromatic carbocycles. The molecule has 35 heavy (non-hydrogen) atoms. The molecule has 1 nitrogen and oxygen atoms in total. The number of thioether (sulfide) groups is 1. The summed E-state index contributed by atoms with van der Waals surface area (Å²) in [4.78, 5) is 3.97. The van der Waals surface area contributed by atoms with Crippen LogP contribution in [-0.2, 0) is 0 Å². The van der Waals surface area contributed by atoms with E-state index in [-0.39, 0.29) is 0 Å². The summed E-state index contributed by atoms with van der Waals surface area (Å²) in [5.74, 6) is 0.613. The highest BCUT2D eigenvalue weighted by Crippen LogP contribution is 2.42. The molecule has 1 aliphatic rings. The fourth-order valence-electron chi connectivity index (χ4n) is 4.57. The monoisotopic (exact) mass is 505 g/mol. The molecule has 3 rings (SSSR count). The summed E-state index contributed by atoms with van der Waals surface area (Å²) < 4.78 is 0. The van der Waals surface area contributed by atoms with Crippen LogP contribution in [0, 0.1) is 25.2 Å². The molecule has 2 atom stereocenters.